The van der Waals surface area contributed by atoms with Gasteiger partial charge in [-0.05, 0) is 43.7 Å². The summed E-state index contributed by atoms with van der Waals surface area (Å²) < 4.78 is 0. The van der Waals surface area contributed by atoms with Gasteiger partial charge in [-0.15, -0.1) is 11.3 Å². The van der Waals surface area contributed by atoms with Crippen LogP contribution in [0.4, 0.5) is 5.13 Å². The predicted molar refractivity (Wildman–Crippen MR) is 84.6 cm³/mol. The van der Waals surface area contributed by atoms with Crippen molar-refractivity contribution in [3.63, 3.8) is 0 Å². The van der Waals surface area contributed by atoms with Crippen LogP contribution in [0.15, 0.2) is 24.5 Å². The zero-order chi connectivity index (χ0) is 14.5. The summed E-state index contributed by atoms with van der Waals surface area (Å²) in [5.74, 6) is 0.0303. The number of pyridine rings is 1. The van der Waals surface area contributed by atoms with Crippen LogP contribution in [-0.4, -0.2) is 15.9 Å². The van der Waals surface area contributed by atoms with Crippen LogP contribution in [0.2, 0.25) is 0 Å². The lowest BCUT2D eigenvalue weighted by molar-refractivity contribution is -0.116. The summed E-state index contributed by atoms with van der Waals surface area (Å²) in [6.07, 6.45) is 10.6. The van der Waals surface area contributed by atoms with Crippen LogP contribution in [0.1, 0.15) is 41.8 Å². The highest BCUT2D eigenvalue weighted by atomic mass is 32.1. The monoisotopic (exact) mass is 301 g/mol. The van der Waals surface area contributed by atoms with Crippen LogP contribution in [0.25, 0.3) is 0 Å². The van der Waals surface area contributed by atoms with Crippen LogP contribution in [0.5, 0.6) is 0 Å². The Morgan fingerprint density at radius 3 is 3.05 bits per heavy atom. The molecule has 0 bridgehead atoms. The summed E-state index contributed by atoms with van der Waals surface area (Å²) in [6.45, 7) is 0. The molecular weight excluding hydrogens is 282 g/mol. The standard InChI is InChI=1S/C16H19N3OS/c20-15(9-8-12-5-4-10-17-11-12)19-16-18-13-6-2-1-3-7-14(13)21-16/h4-5,10-11H,1-3,6-9H2,(H,18,19,20). The minimum atomic E-state index is 0.0303. The molecule has 2 heterocycles. The first-order valence-corrected chi connectivity index (χ1v) is 8.30. The lowest BCUT2D eigenvalue weighted by atomic mass is 10.1. The minimum absolute atomic E-state index is 0.0303. The molecule has 0 fully saturated rings. The van der Waals surface area contributed by atoms with E-state index in [4.69, 9.17) is 0 Å². The van der Waals surface area contributed by atoms with Crippen LogP contribution in [0.3, 0.4) is 0 Å². The molecule has 0 spiro atoms. The molecule has 2 aromatic rings. The van der Waals surface area contributed by atoms with Gasteiger partial charge in [0, 0.05) is 23.7 Å². The van der Waals surface area contributed by atoms with Gasteiger partial charge in [-0.3, -0.25) is 9.78 Å². The number of amides is 1. The van der Waals surface area contributed by atoms with Gasteiger partial charge in [0.15, 0.2) is 5.13 Å². The number of aryl methyl sites for hydroxylation is 3. The Hall–Kier alpha value is -1.75. The van der Waals surface area contributed by atoms with E-state index in [0.29, 0.717) is 12.8 Å². The minimum Gasteiger partial charge on any atom is -0.302 e. The van der Waals surface area contributed by atoms with Gasteiger partial charge in [0.1, 0.15) is 0 Å². The molecule has 0 unspecified atom stereocenters. The zero-order valence-corrected chi connectivity index (χ0v) is 12.8. The van der Waals surface area contributed by atoms with Crippen molar-refractivity contribution in [2.45, 2.75) is 44.9 Å². The van der Waals surface area contributed by atoms with Gasteiger partial charge >= 0.3 is 0 Å². The number of anilines is 1. The lowest BCUT2D eigenvalue weighted by Crippen LogP contribution is -2.12. The van der Waals surface area contributed by atoms with Crippen molar-refractivity contribution in [1.29, 1.82) is 0 Å². The van der Waals surface area contributed by atoms with Crippen molar-refractivity contribution >= 4 is 22.4 Å². The number of hydrogen-bond acceptors (Lipinski definition) is 4. The second-order valence-corrected chi connectivity index (χ2v) is 6.44. The Bertz CT molecular complexity index is 586. The lowest BCUT2D eigenvalue weighted by Gasteiger charge is -2.02. The molecule has 3 rings (SSSR count). The smallest absolute Gasteiger partial charge is 0.226 e. The Kier molecular flexibility index (Phi) is 4.60. The Labute approximate surface area is 128 Å². The van der Waals surface area contributed by atoms with Gasteiger partial charge in [0.05, 0.1) is 5.69 Å². The summed E-state index contributed by atoms with van der Waals surface area (Å²) in [6, 6.07) is 3.89. The quantitative estimate of drug-likeness (QED) is 0.881. The zero-order valence-electron chi connectivity index (χ0n) is 12.0. The second kappa shape index (κ2) is 6.80. The number of fused-ring (bicyclic) bond motifs is 1. The van der Waals surface area contributed by atoms with E-state index in [9.17, 15) is 4.79 Å². The molecule has 21 heavy (non-hydrogen) atoms. The van der Waals surface area contributed by atoms with Crippen LogP contribution < -0.4 is 5.32 Å². The van der Waals surface area contributed by atoms with E-state index < -0.39 is 0 Å². The van der Waals surface area contributed by atoms with Gasteiger partial charge in [0.2, 0.25) is 5.91 Å². The first kappa shape index (κ1) is 14.2. The summed E-state index contributed by atoms with van der Waals surface area (Å²) in [5.41, 5.74) is 2.28. The topological polar surface area (TPSA) is 54.9 Å². The van der Waals surface area contributed by atoms with E-state index in [2.05, 4.69) is 15.3 Å². The van der Waals surface area contributed by atoms with Gasteiger partial charge < -0.3 is 5.32 Å². The highest BCUT2D eigenvalue weighted by Gasteiger charge is 2.15. The molecule has 1 amide bonds. The van der Waals surface area contributed by atoms with Crippen molar-refractivity contribution in [1.82, 2.24) is 9.97 Å². The van der Waals surface area contributed by atoms with E-state index in [-0.39, 0.29) is 5.91 Å². The molecule has 1 aliphatic carbocycles. The van der Waals surface area contributed by atoms with E-state index in [0.717, 1.165) is 23.5 Å². The molecule has 0 aliphatic heterocycles. The van der Waals surface area contributed by atoms with Gasteiger partial charge in [-0.1, -0.05) is 12.5 Å². The average molecular weight is 301 g/mol. The molecular formula is C16H19N3OS. The molecule has 0 aromatic carbocycles. The SMILES string of the molecule is O=C(CCc1cccnc1)Nc1nc2c(s1)CCCCC2. The fourth-order valence-electron chi connectivity index (χ4n) is 2.57. The number of rotatable bonds is 4. The van der Waals surface area contributed by atoms with E-state index in [1.54, 1.807) is 23.7 Å². The first-order valence-electron chi connectivity index (χ1n) is 7.48. The number of thiazole rings is 1. The predicted octanol–water partition coefficient (Wildman–Crippen LogP) is 3.38. The van der Waals surface area contributed by atoms with Crippen molar-refractivity contribution < 1.29 is 4.79 Å². The Morgan fingerprint density at radius 1 is 1.29 bits per heavy atom. The maximum atomic E-state index is 12.0. The number of nitrogens with one attached hydrogen (secondary N) is 1. The van der Waals surface area contributed by atoms with Crippen LogP contribution in [0, 0.1) is 0 Å². The van der Waals surface area contributed by atoms with Gasteiger partial charge in [0.25, 0.3) is 0 Å². The second-order valence-electron chi connectivity index (χ2n) is 5.36. The van der Waals surface area contributed by atoms with E-state index >= 15 is 0 Å². The van der Waals surface area contributed by atoms with Crippen LogP contribution in [-0.2, 0) is 24.1 Å². The normalized spacial score (nSPS) is 14.3. The molecule has 5 heteroatoms. The third kappa shape index (κ3) is 3.88. The van der Waals surface area contributed by atoms with E-state index in [1.165, 1.54) is 29.8 Å². The number of nitrogens with zero attached hydrogens (tertiary/aromatic N) is 2. The highest BCUT2D eigenvalue weighted by molar-refractivity contribution is 7.15. The summed E-state index contributed by atoms with van der Waals surface area (Å²) in [5, 5.41) is 3.70. The molecule has 0 saturated carbocycles. The molecule has 4 nitrogen and oxygen atoms in total. The van der Waals surface area contributed by atoms with E-state index in [1.807, 2.05) is 12.1 Å². The maximum absolute atomic E-state index is 12.0. The number of hydrogen-bond donors (Lipinski definition) is 1. The number of carbonyl (C=O) groups is 1. The summed E-state index contributed by atoms with van der Waals surface area (Å²) in [7, 11) is 0. The van der Waals surface area contributed by atoms with Crippen molar-refractivity contribution in [2.75, 3.05) is 5.32 Å². The van der Waals surface area contributed by atoms with Crippen molar-refractivity contribution in [2.24, 2.45) is 0 Å². The fraction of sp³-hybridized carbons (Fsp3) is 0.438. The third-order valence-corrected chi connectivity index (χ3v) is 4.78. The van der Waals surface area contributed by atoms with Crippen molar-refractivity contribution in [3.8, 4) is 0 Å². The molecule has 1 aliphatic rings. The first-order chi connectivity index (χ1) is 10.3. The largest absolute Gasteiger partial charge is 0.302 e. The maximum Gasteiger partial charge on any atom is 0.226 e. The molecule has 0 radical (unpaired) electrons. The van der Waals surface area contributed by atoms with Crippen molar-refractivity contribution in [3.05, 3.63) is 40.7 Å². The van der Waals surface area contributed by atoms with Gasteiger partial charge in [-0.2, -0.15) is 0 Å². The molecule has 110 valence electrons. The Balaban J connectivity index is 1.55. The van der Waals surface area contributed by atoms with Gasteiger partial charge in [-0.25, -0.2) is 4.98 Å². The fourth-order valence-corrected chi connectivity index (χ4v) is 3.63. The number of carbonyl (C=O) groups excluding carboxylic acids is 1. The third-order valence-electron chi connectivity index (χ3n) is 3.71. The summed E-state index contributed by atoms with van der Waals surface area (Å²) in [4.78, 5) is 22.0. The molecule has 0 saturated heterocycles. The average Bonchev–Trinajstić information content (AvgIpc) is 2.75. The molecule has 0 atom stereocenters. The molecule has 1 N–H and O–H groups in total. The number of aromatic nitrogens is 2. The highest BCUT2D eigenvalue weighted by Crippen LogP contribution is 2.28. The summed E-state index contributed by atoms with van der Waals surface area (Å²) >= 11 is 1.64. The van der Waals surface area contributed by atoms with Crippen LogP contribution >= 0.6 is 11.3 Å². The molecule has 2 aromatic heterocycles. The Morgan fingerprint density at radius 2 is 2.19 bits per heavy atom.